The molecule has 1 heterocycles. The van der Waals surface area contributed by atoms with E-state index in [9.17, 15) is 15.2 Å². The molecule has 28 heavy (non-hydrogen) atoms. The predicted molar refractivity (Wildman–Crippen MR) is 110 cm³/mol. The Morgan fingerprint density at radius 2 is 1.75 bits per heavy atom. The summed E-state index contributed by atoms with van der Waals surface area (Å²) in [6, 6.07) is 18.0. The second kappa shape index (κ2) is 8.19. The van der Waals surface area contributed by atoms with Gasteiger partial charge in [0.2, 0.25) is 5.88 Å². The number of benzene rings is 2. The van der Waals surface area contributed by atoms with Crippen LogP contribution in [-0.4, -0.2) is 9.67 Å². The van der Waals surface area contributed by atoms with E-state index in [4.69, 9.17) is 0 Å². The van der Waals surface area contributed by atoms with E-state index in [0.29, 0.717) is 5.69 Å². The van der Waals surface area contributed by atoms with Crippen molar-refractivity contribution in [2.45, 2.75) is 19.9 Å². The first-order chi connectivity index (χ1) is 13.5. The van der Waals surface area contributed by atoms with Crippen LogP contribution in [0.5, 0.6) is 5.88 Å². The van der Waals surface area contributed by atoms with E-state index in [-0.39, 0.29) is 22.7 Å². The number of halogens is 1. The van der Waals surface area contributed by atoms with Crippen molar-refractivity contribution < 1.29 is 5.11 Å². The van der Waals surface area contributed by atoms with Crippen molar-refractivity contribution in [1.29, 1.82) is 5.26 Å². The predicted octanol–water partition coefficient (Wildman–Crippen LogP) is 5.52. The minimum atomic E-state index is -0.513. The summed E-state index contributed by atoms with van der Waals surface area (Å²) in [5, 5.41) is 28.4. The summed E-state index contributed by atoms with van der Waals surface area (Å²) in [7, 11) is 0. The highest BCUT2D eigenvalue weighted by atomic mass is 79.9. The normalized spacial score (nSPS) is 12.1. The molecule has 0 bridgehead atoms. The van der Waals surface area contributed by atoms with E-state index in [1.165, 1.54) is 4.57 Å². The van der Waals surface area contributed by atoms with E-state index in [0.717, 1.165) is 10.0 Å². The molecule has 7 heteroatoms. The third kappa shape index (κ3) is 3.59. The van der Waals surface area contributed by atoms with Crippen molar-refractivity contribution in [3.05, 3.63) is 86.1 Å². The van der Waals surface area contributed by atoms with Crippen LogP contribution in [0.3, 0.4) is 0 Å². The second-order valence-electron chi connectivity index (χ2n) is 6.20. The van der Waals surface area contributed by atoms with Gasteiger partial charge in [0.25, 0.3) is 5.56 Å². The van der Waals surface area contributed by atoms with Gasteiger partial charge >= 0.3 is 0 Å². The Labute approximate surface area is 170 Å². The number of azo groups is 1. The molecule has 0 saturated carbocycles. The SMILES string of the molecule is Cc1c(C#N)c(O)n(C(C)c2ccccc2)c(=O)c1N=Nc1ccccc1Br. The van der Waals surface area contributed by atoms with Crippen LogP contribution in [0, 0.1) is 18.3 Å². The topological polar surface area (TPSA) is 90.7 Å². The van der Waals surface area contributed by atoms with Gasteiger partial charge in [-0.3, -0.25) is 9.36 Å². The van der Waals surface area contributed by atoms with E-state index < -0.39 is 11.6 Å². The molecule has 1 N–H and O–H groups in total. The summed E-state index contributed by atoms with van der Waals surface area (Å²) in [6.45, 7) is 3.35. The molecule has 0 amide bonds. The highest BCUT2D eigenvalue weighted by Crippen LogP contribution is 2.32. The molecule has 0 saturated heterocycles. The van der Waals surface area contributed by atoms with Gasteiger partial charge in [-0.15, -0.1) is 10.2 Å². The van der Waals surface area contributed by atoms with E-state index in [2.05, 4.69) is 26.2 Å². The van der Waals surface area contributed by atoms with Gasteiger partial charge in [-0.1, -0.05) is 42.5 Å². The summed E-state index contributed by atoms with van der Waals surface area (Å²) in [6.07, 6.45) is 0. The molecule has 0 fully saturated rings. The van der Waals surface area contributed by atoms with Crippen LogP contribution < -0.4 is 5.56 Å². The molecule has 140 valence electrons. The summed E-state index contributed by atoms with van der Waals surface area (Å²) in [5.41, 5.74) is 1.17. The Kier molecular flexibility index (Phi) is 5.71. The number of hydrogen-bond acceptors (Lipinski definition) is 5. The Balaban J connectivity index is 2.20. The molecule has 3 aromatic rings. The second-order valence-corrected chi connectivity index (χ2v) is 7.05. The van der Waals surface area contributed by atoms with Crippen molar-refractivity contribution in [1.82, 2.24) is 4.57 Å². The number of hydrogen-bond donors (Lipinski definition) is 1. The van der Waals surface area contributed by atoms with Gasteiger partial charge < -0.3 is 5.11 Å². The van der Waals surface area contributed by atoms with Crippen molar-refractivity contribution in [3.8, 4) is 11.9 Å². The minimum absolute atomic E-state index is 0.00320. The summed E-state index contributed by atoms with van der Waals surface area (Å²) < 4.78 is 1.91. The van der Waals surface area contributed by atoms with Crippen molar-refractivity contribution in [3.63, 3.8) is 0 Å². The highest BCUT2D eigenvalue weighted by Gasteiger charge is 2.23. The Morgan fingerprint density at radius 3 is 2.39 bits per heavy atom. The van der Waals surface area contributed by atoms with Gasteiger partial charge in [0.1, 0.15) is 11.6 Å². The lowest BCUT2D eigenvalue weighted by Gasteiger charge is -2.19. The molecule has 0 aliphatic carbocycles. The van der Waals surface area contributed by atoms with Gasteiger partial charge in [-0.2, -0.15) is 5.26 Å². The van der Waals surface area contributed by atoms with Crippen LogP contribution in [-0.2, 0) is 0 Å². The molecular formula is C21H17BrN4O2. The van der Waals surface area contributed by atoms with E-state index in [1.807, 2.05) is 48.5 Å². The first-order valence-corrected chi connectivity index (χ1v) is 9.34. The van der Waals surface area contributed by atoms with Gasteiger partial charge in [-0.05, 0) is 47.5 Å². The van der Waals surface area contributed by atoms with Crippen molar-refractivity contribution in [2.75, 3.05) is 0 Å². The third-order valence-corrected chi connectivity index (χ3v) is 5.17. The molecule has 0 radical (unpaired) electrons. The number of aromatic hydroxyl groups is 1. The minimum Gasteiger partial charge on any atom is -0.493 e. The molecule has 0 aliphatic heterocycles. The lowest BCUT2D eigenvalue weighted by molar-refractivity contribution is 0.393. The van der Waals surface area contributed by atoms with Crippen LogP contribution in [0.2, 0.25) is 0 Å². The summed E-state index contributed by atoms with van der Waals surface area (Å²) >= 11 is 3.39. The monoisotopic (exact) mass is 436 g/mol. The number of aromatic nitrogens is 1. The first kappa shape index (κ1) is 19.5. The Bertz CT molecular complexity index is 1150. The highest BCUT2D eigenvalue weighted by molar-refractivity contribution is 9.10. The van der Waals surface area contributed by atoms with Crippen LogP contribution in [0.25, 0.3) is 0 Å². The van der Waals surface area contributed by atoms with Crippen LogP contribution >= 0.6 is 15.9 Å². The fourth-order valence-electron chi connectivity index (χ4n) is 2.91. The largest absolute Gasteiger partial charge is 0.493 e. The quantitative estimate of drug-likeness (QED) is 0.545. The number of pyridine rings is 1. The number of rotatable bonds is 4. The van der Waals surface area contributed by atoms with Crippen LogP contribution in [0.1, 0.15) is 29.7 Å². The molecule has 3 rings (SSSR count). The number of nitrogens with zero attached hydrogens (tertiary/aromatic N) is 4. The molecule has 1 atom stereocenters. The summed E-state index contributed by atoms with van der Waals surface area (Å²) in [5.74, 6) is -0.374. The zero-order valence-electron chi connectivity index (χ0n) is 15.3. The first-order valence-electron chi connectivity index (χ1n) is 8.55. The molecule has 6 nitrogen and oxygen atoms in total. The maximum absolute atomic E-state index is 13.1. The molecule has 1 aromatic heterocycles. The maximum Gasteiger partial charge on any atom is 0.282 e. The van der Waals surface area contributed by atoms with Crippen LogP contribution in [0.4, 0.5) is 11.4 Å². The van der Waals surface area contributed by atoms with Crippen molar-refractivity contribution >= 4 is 27.3 Å². The molecule has 2 aromatic carbocycles. The maximum atomic E-state index is 13.1. The van der Waals surface area contributed by atoms with Gasteiger partial charge in [0.15, 0.2) is 5.69 Å². The zero-order chi connectivity index (χ0) is 20.3. The Hall–Kier alpha value is -3.24. The van der Waals surface area contributed by atoms with E-state index >= 15 is 0 Å². The molecular weight excluding hydrogens is 420 g/mol. The van der Waals surface area contributed by atoms with E-state index in [1.54, 1.807) is 26.0 Å². The average molecular weight is 437 g/mol. The molecule has 0 spiro atoms. The average Bonchev–Trinajstić information content (AvgIpc) is 2.70. The molecule has 0 aliphatic rings. The lowest BCUT2D eigenvalue weighted by Crippen LogP contribution is -2.25. The van der Waals surface area contributed by atoms with Gasteiger partial charge in [0.05, 0.1) is 11.7 Å². The zero-order valence-corrected chi connectivity index (χ0v) is 16.9. The number of nitriles is 1. The lowest BCUT2D eigenvalue weighted by atomic mass is 10.1. The summed E-state index contributed by atoms with van der Waals surface area (Å²) in [4.78, 5) is 13.1. The Morgan fingerprint density at radius 1 is 1.11 bits per heavy atom. The third-order valence-electron chi connectivity index (χ3n) is 4.49. The van der Waals surface area contributed by atoms with Crippen LogP contribution in [0.15, 0.2) is 74.1 Å². The fourth-order valence-corrected chi connectivity index (χ4v) is 3.27. The smallest absolute Gasteiger partial charge is 0.282 e. The standard InChI is InChI=1S/C21H17BrN4O2/c1-13-16(12-23)20(27)26(14(2)15-8-4-3-5-9-15)21(28)19(13)25-24-18-11-7-6-10-17(18)22/h3-11,14,27H,1-2H3. The van der Waals surface area contributed by atoms with Gasteiger partial charge in [-0.25, -0.2) is 0 Å². The molecule has 1 unspecified atom stereocenters. The van der Waals surface area contributed by atoms with Crippen molar-refractivity contribution in [2.24, 2.45) is 10.2 Å². The van der Waals surface area contributed by atoms with Gasteiger partial charge in [0, 0.05) is 10.0 Å². The fraction of sp³-hybridized carbons (Fsp3) is 0.143.